The molecule has 0 fully saturated rings. The molecule has 0 radical (unpaired) electrons. The second-order valence-corrected chi connectivity index (χ2v) is 6.60. The van der Waals surface area contributed by atoms with E-state index in [1.807, 2.05) is 50.2 Å². The van der Waals surface area contributed by atoms with Crippen molar-refractivity contribution in [3.8, 4) is 5.69 Å². The van der Waals surface area contributed by atoms with E-state index in [0.717, 1.165) is 28.5 Å². The average Bonchev–Trinajstić information content (AvgIpc) is 3.20. The number of nitrogens with one attached hydrogen (secondary N) is 2. The molecule has 0 aliphatic carbocycles. The lowest BCUT2D eigenvalue weighted by Crippen LogP contribution is -2.09. The van der Waals surface area contributed by atoms with Crippen LogP contribution >= 0.6 is 0 Å². The molecule has 0 bridgehead atoms. The molecule has 29 heavy (non-hydrogen) atoms. The Labute approximate surface area is 167 Å². The molecule has 1 aromatic carbocycles. The van der Waals surface area contributed by atoms with Gasteiger partial charge in [0.25, 0.3) is 0 Å². The number of halogens is 1. The molecular weight excluding hydrogens is 369 g/mol. The number of para-hydroxylation sites is 1. The van der Waals surface area contributed by atoms with Crippen molar-refractivity contribution in [2.75, 3.05) is 10.6 Å². The molecule has 4 rings (SSSR count). The zero-order valence-electron chi connectivity index (χ0n) is 16.0. The van der Waals surface area contributed by atoms with E-state index < -0.39 is 0 Å². The van der Waals surface area contributed by atoms with Crippen LogP contribution in [-0.4, -0.2) is 24.7 Å². The molecule has 8 heteroatoms. The summed E-state index contributed by atoms with van der Waals surface area (Å²) >= 11 is 0. The third-order valence-corrected chi connectivity index (χ3v) is 4.42. The maximum Gasteiger partial charge on any atom is 0.247 e. The van der Waals surface area contributed by atoms with Crippen molar-refractivity contribution in [1.29, 1.82) is 0 Å². The van der Waals surface area contributed by atoms with Crippen LogP contribution in [0.5, 0.6) is 0 Å². The van der Waals surface area contributed by atoms with Gasteiger partial charge in [0.05, 0.1) is 46.9 Å². The second-order valence-electron chi connectivity index (χ2n) is 6.60. The van der Waals surface area contributed by atoms with E-state index in [-0.39, 0.29) is 11.9 Å². The molecule has 2 N–H and O–H groups in total. The van der Waals surface area contributed by atoms with Crippen LogP contribution in [0.15, 0.2) is 67.3 Å². The summed E-state index contributed by atoms with van der Waals surface area (Å²) in [7, 11) is 0. The highest BCUT2D eigenvalue weighted by Gasteiger charge is 2.10. The molecule has 7 nitrogen and oxygen atoms in total. The minimum absolute atomic E-state index is 0.108. The van der Waals surface area contributed by atoms with Gasteiger partial charge in [0.15, 0.2) is 0 Å². The summed E-state index contributed by atoms with van der Waals surface area (Å²) in [6, 6.07) is 14.7. The third-order valence-electron chi connectivity index (χ3n) is 4.42. The first-order valence-electron chi connectivity index (χ1n) is 9.17. The van der Waals surface area contributed by atoms with Gasteiger partial charge >= 0.3 is 0 Å². The van der Waals surface area contributed by atoms with Crippen LogP contribution in [0, 0.1) is 12.7 Å². The second kappa shape index (κ2) is 8.05. The highest BCUT2D eigenvalue weighted by atomic mass is 19.1. The lowest BCUT2D eigenvalue weighted by atomic mass is 10.2. The lowest BCUT2D eigenvalue weighted by Gasteiger charge is -2.16. The normalized spacial score (nSPS) is 11.8. The molecule has 146 valence electrons. The Hall–Kier alpha value is -3.81. The molecule has 0 aliphatic rings. The molecule has 0 spiro atoms. The molecule has 0 unspecified atom stereocenters. The fraction of sp³-hybridized carbons (Fsp3) is 0.143. The average molecular weight is 389 g/mol. The van der Waals surface area contributed by atoms with Gasteiger partial charge in [-0.1, -0.05) is 18.2 Å². The van der Waals surface area contributed by atoms with E-state index in [0.29, 0.717) is 5.95 Å². The Morgan fingerprint density at radius 2 is 1.83 bits per heavy atom. The van der Waals surface area contributed by atoms with Gasteiger partial charge < -0.3 is 10.6 Å². The Bertz CT molecular complexity index is 1090. The van der Waals surface area contributed by atoms with E-state index in [2.05, 4.69) is 30.7 Å². The number of pyridine rings is 2. The first-order valence-corrected chi connectivity index (χ1v) is 9.17. The van der Waals surface area contributed by atoms with Crippen molar-refractivity contribution < 1.29 is 4.39 Å². The summed E-state index contributed by atoms with van der Waals surface area (Å²) in [4.78, 5) is 12.9. The smallest absolute Gasteiger partial charge is 0.247 e. The number of anilines is 3. The number of hydrogen-bond acceptors (Lipinski definition) is 6. The van der Waals surface area contributed by atoms with Crippen molar-refractivity contribution in [2.45, 2.75) is 19.9 Å². The summed E-state index contributed by atoms with van der Waals surface area (Å²) in [5, 5.41) is 11.0. The van der Waals surface area contributed by atoms with Gasteiger partial charge in [-0.05, 0) is 44.2 Å². The van der Waals surface area contributed by atoms with E-state index >= 15 is 0 Å². The van der Waals surface area contributed by atoms with Crippen molar-refractivity contribution in [3.05, 3.63) is 84.5 Å². The summed E-state index contributed by atoms with van der Waals surface area (Å²) in [6.07, 6.45) is 4.62. The number of aryl methyl sites for hydroxylation is 1. The molecule has 0 aliphatic heterocycles. The molecule has 0 saturated carbocycles. The van der Waals surface area contributed by atoms with Crippen LogP contribution in [0.25, 0.3) is 5.69 Å². The van der Waals surface area contributed by atoms with Gasteiger partial charge in [0.2, 0.25) is 5.95 Å². The van der Waals surface area contributed by atoms with Crippen LogP contribution in [0.4, 0.5) is 21.7 Å². The molecule has 3 heterocycles. The van der Waals surface area contributed by atoms with Crippen LogP contribution in [-0.2, 0) is 0 Å². The predicted molar refractivity (Wildman–Crippen MR) is 110 cm³/mol. The maximum absolute atomic E-state index is 13.1. The standard InChI is InChI=1S/C21H20FN7/c1-14-20(27-21-25-13-29(28-21)18-6-4-3-5-7-18)10-17(12-23-14)26-15(2)19-9-8-16(22)11-24-19/h3-13,15,26H,1-2H3,(H,27,28)/t15-/m0/s1. The van der Waals surface area contributed by atoms with Crippen LogP contribution in [0.3, 0.4) is 0 Å². The Morgan fingerprint density at radius 3 is 2.59 bits per heavy atom. The third kappa shape index (κ3) is 4.37. The molecule has 1 atom stereocenters. The Balaban J connectivity index is 1.50. The van der Waals surface area contributed by atoms with Crippen molar-refractivity contribution in [2.24, 2.45) is 0 Å². The zero-order valence-corrected chi connectivity index (χ0v) is 16.0. The largest absolute Gasteiger partial charge is 0.376 e. The quantitative estimate of drug-likeness (QED) is 0.508. The Kier molecular flexibility index (Phi) is 5.15. The fourth-order valence-electron chi connectivity index (χ4n) is 2.85. The number of hydrogen-bond donors (Lipinski definition) is 2. The van der Waals surface area contributed by atoms with Crippen LogP contribution in [0.2, 0.25) is 0 Å². The van der Waals surface area contributed by atoms with Crippen LogP contribution < -0.4 is 10.6 Å². The summed E-state index contributed by atoms with van der Waals surface area (Å²) < 4.78 is 14.8. The molecular formula is C21H20FN7. The van der Waals surface area contributed by atoms with E-state index in [1.54, 1.807) is 23.3 Å². The first-order chi connectivity index (χ1) is 14.1. The summed E-state index contributed by atoms with van der Waals surface area (Å²) in [5.41, 5.74) is 4.09. The zero-order chi connectivity index (χ0) is 20.2. The topological polar surface area (TPSA) is 80.5 Å². The van der Waals surface area contributed by atoms with Crippen molar-refractivity contribution in [1.82, 2.24) is 24.7 Å². The fourth-order valence-corrected chi connectivity index (χ4v) is 2.85. The van der Waals surface area contributed by atoms with Gasteiger partial charge in [-0.2, -0.15) is 4.98 Å². The SMILES string of the molecule is Cc1ncc(N[C@@H](C)c2ccc(F)cn2)cc1Nc1ncn(-c2ccccc2)n1. The molecule has 0 saturated heterocycles. The first kappa shape index (κ1) is 18.5. The predicted octanol–water partition coefficient (Wildman–Crippen LogP) is 4.42. The van der Waals surface area contributed by atoms with E-state index in [4.69, 9.17) is 0 Å². The van der Waals surface area contributed by atoms with E-state index in [1.165, 1.54) is 12.3 Å². The molecule has 4 aromatic rings. The maximum atomic E-state index is 13.1. The summed E-state index contributed by atoms with van der Waals surface area (Å²) in [6.45, 7) is 3.86. The van der Waals surface area contributed by atoms with Gasteiger partial charge in [0.1, 0.15) is 12.1 Å². The monoisotopic (exact) mass is 389 g/mol. The Morgan fingerprint density at radius 1 is 1.00 bits per heavy atom. The van der Waals surface area contributed by atoms with Crippen molar-refractivity contribution in [3.63, 3.8) is 0 Å². The minimum Gasteiger partial charge on any atom is -0.376 e. The van der Waals surface area contributed by atoms with Gasteiger partial charge in [0, 0.05) is 0 Å². The lowest BCUT2D eigenvalue weighted by molar-refractivity contribution is 0.617. The molecule has 3 aromatic heterocycles. The minimum atomic E-state index is -0.355. The number of benzene rings is 1. The van der Waals surface area contributed by atoms with Crippen LogP contribution in [0.1, 0.15) is 24.4 Å². The number of aromatic nitrogens is 5. The van der Waals surface area contributed by atoms with Gasteiger partial charge in [-0.25, -0.2) is 9.07 Å². The van der Waals surface area contributed by atoms with Crippen molar-refractivity contribution >= 4 is 17.3 Å². The number of rotatable bonds is 6. The highest BCUT2D eigenvalue weighted by molar-refractivity contribution is 5.62. The highest BCUT2D eigenvalue weighted by Crippen LogP contribution is 2.24. The summed E-state index contributed by atoms with van der Waals surface area (Å²) in [5.74, 6) is 0.121. The number of nitrogens with zero attached hydrogens (tertiary/aromatic N) is 5. The van der Waals surface area contributed by atoms with E-state index in [9.17, 15) is 4.39 Å². The van der Waals surface area contributed by atoms with Gasteiger partial charge in [-0.15, -0.1) is 5.10 Å². The molecule has 0 amide bonds. The van der Waals surface area contributed by atoms with Gasteiger partial charge in [-0.3, -0.25) is 9.97 Å².